The Labute approximate surface area is 104 Å². The highest BCUT2D eigenvalue weighted by Crippen LogP contribution is 2.24. The minimum Gasteiger partial charge on any atom is -0.326 e. The predicted molar refractivity (Wildman–Crippen MR) is 62.2 cm³/mol. The van der Waals surface area contributed by atoms with E-state index in [-0.39, 0.29) is 12.6 Å². The molecule has 100 valence electrons. The van der Waals surface area contributed by atoms with Gasteiger partial charge in [-0.05, 0) is 25.0 Å². The maximum absolute atomic E-state index is 13.9. The molecule has 0 unspecified atom stereocenters. The van der Waals surface area contributed by atoms with Crippen molar-refractivity contribution in [2.45, 2.75) is 36.7 Å². The summed E-state index contributed by atoms with van der Waals surface area (Å²) >= 11 is 0. The highest BCUT2D eigenvalue weighted by molar-refractivity contribution is 7.89. The van der Waals surface area contributed by atoms with Crippen LogP contribution in [0, 0.1) is 11.6 Å². The average molecular weight is 276 g/mol. The first-order valence-corrected chi connectivity index (χ1v) is 7.13. The lowest BCUT2D eigenvalue weighted by molar-refractivity contribution is 0.382. The van der Waals surface area contributed by atoms with Gasteiger partial charge in [-0.2, -0.15) is 0 Å². The zero-order valence-electron chi connectivity index (χ0n) is 9.62. The molecule has 2 rings (SSSR count). The molecule has 4 nitrogen and oxygen atoms in total. The second kappa shape index (κ2) is 4.91. The van der Waals surface area contributed by atoms with E-state index in [4.69, 9.17) is 5.73 Å². The van der Waals surface area contributed by atoms with Crippen molar-refractivity contribution in [2.24, 2.45) is 5.73 Å². The molecule has 1 aliphatic rings. The van der Waals surface area contributed by atoms with Gasteiger partial charge in [0.2, 0.25) is 10.0 Å². The topological polar surface area (TPSA) is 72.2 Å². The van der Waals surface area contributed by atoms with E-state index >= 15 is 0 Å². The Bertz CT molecular complexity index is 556. The molecule has 0 heterocycles. The molecule has 1 aromatic rings. The first-order chi connectivity index (χ1) is 8.45. The minimum atomic E-state index is -3.95. The number of rotatable bonds is 4. The SMILES string of the molecule is NCc1c(F)ccc(S(=O)(=O)NC2CCC2)c1F. The monoisotopic (exact) mass is 276 g/mol. The Morgan fingerprint density at radius 3 is 2.50 bits per heavy atom. The summed E-state index contributed by atoms with van der Waals surface area (Å²) in [5.74, 6) is -1.94. The largest absolute Gasteiger partial charge is 0.326 e. The summed E-state index contributed by atoms with van der Waals surface area (Å²) in [6.07, 6.45) is 2.44. The zero-order valence-corrected chi connectivity index (χ0v) is 10.4. The molecule has 0 atom stereocenters. The average Bonchev–Trinajstić information content (AvgIpc) is 2.24. The number of hydrogen-bond acceptors (Lipinski definition) is 3. The van der Waals surface area contributed by atoms with Crippen molar-refractivity contribution in [3.8, 4) is 0 Å². The van der Waals surface area contributed by atoms with Crippen LogP contribution in [-0.2, 0) is 16.6 Å². The molecule has 1 fully saturated rings. The molecule has 7 heteroatoms. The van der Waals surface area contributed by atoms with Crippen molar-refractivity contribution in [3.05, 3.63) is 29.3 Å². The lowest BCUT2D eigenvalue weighted by Crippen LogP contribution is -2.39. The highest BCUT2D eigenvalue weighted by atomic mass is 32.2. The van der Waals surface area contributed by atoms with Gasteiger partial charge in [0, 0.05) is 18.2 Å². The second-order valence-electron chi connectivity index (χ2n) is 4.29. The predicted octanol–water partition coefficient (Wildman–Crippen LogP) is 1.25. The van der Waals surface area contributed by atoms with Crippen LogP contribution in [0.25, 0.3) is 0 Å². The zero-order chi connectivity index (χ0) is 13.3. The molecular weight excluding hydrogens is 262 g/mol. The van der Waals surface area contributed by atoms with Crippen molar-refractivity contribution in [1.82, 2.24) is 4.72 Å². The van der Waals surface area contributed by atoms with Crippen molar-refractivity contribution in [3.63, 3.8) is 0 Å². The molecule has 1 saturated carbocycles. The van der Waals surface area contributed by atoms with Crippen LogP contribution in [0.5, 0.6) is 0 Å². The Morgan fingerprint density at radius 2 is 2.00 bits per heavy atom. The number of nitrogens with two attached hydrogens (primary N) is 1. The molecule has 0 radical (unpaired) electrons. The summed E-state index contributed by atoms with van der Waals surface area (Å²) < 4.78 is 53.3. The molecule has 1 aliphatic carbocycles. The third-order valence-corrected chi connectivity index (χ3v) is 4.61. The van der Waals surface area contributed by atoms with E-state index in [2.05, 4.69) is 4.72 Å². The van der Waals surface area contributed by atoms with Crippen LogP contribution < -0.4 is 10.5 Å². The Hall–Kier alpha value is -1.05. The number of benzene rings is 1. The molecule has 18 heavy (non-hydrogen) atoms. The third-order valence-electron chi connectivity index (χ3n) is 3.07. The Kier molecular flexibility index (Phi) is 3.65. The molecule has 0 amide bonds. The number of hydrogen-bond donors (Lipinski definition) is 2. The van der Waals surface area contributed by atoms with E-state index in [0.717, 1.165) is 31.4 Å². The van der Waals surface area contributed by atoms with Crippen molar-refractivity contribution in [1.29, 1.82) is 0 Å². The van der Waals surface area contributed by atoms with Crippen LogP contribution in [0.15, 0.2) is 17.0 Å². The lowest BCUT2D eigenvalue weighted by atomic mass is 9.94. The Balaban J connectivity index is 2.37. The van der Waals surface area contributed by atoms with Gasteiger partial charge in [-0.3, -0.25) is 0 Å². The van der Waals surface area contributed by atoms with Gasteiger partial charge in [-0.1, -0.05) is 6.42 Å². The van der Waals surface area contributed by atoms with Crippen LogP contribution in [0.1, 0.15) is 24.8 Å². The van der Waals surface area contributed by atoms with Gasteiger partial charge in [0.1, 0.15) is 10.7 Å². The van der Waals surface area contributed by atoms with Crippen molar-refractivity contribution >= 4 is 10.0 Å². The van der Waals surface area contributed by atoms with E-state index in [9.17, 15) is 17.2 Å². The van der Waals surface area contributed by atoms with E-state index in [1.165, 1.54) is 0 Å². The van der Waals surface area contributed by atoms with Crippen LogP contribution >= 0.6 is 0 Å². The molecule has 0 aliphatic heterocycles. The first kappa shape index (κ1) is 13.4. The number of sulfonamides is 1. The Morgan fingerprint density at radius 1 is 1.33 bits per heavy atom. The lowest BCUT2D eigenvalue weighted by Gasteiger charge is -2.26. The van der Waals surface area contributed by atoms with Crippen LogP contribution in [0.2, 0.25) is 0 Å². The fourth-order valence-corrected chi connectivity index (χ4v) is 3.19. The van der Waals surface area contributed by atoms with E-state index < -0.39 is 32.1 Å². The second-order valence-corrected chi connectivity index (χ2v) is 5.97. The summed E-state index contributed by atoms with van der Waals surface area (Å²) in [7, 11) is -3.95. The van der Waals surface area contributed by atoms with Gasteiger partial charge in [0.25, 0.3) is 0 Å². The summed E-state index contributed by atoms with van der Waals surface area (Å²) in [6, 6.07) is 1.69. The molecule has 0 aromatic heterocycles. The number of nitrogens with one attached hydrogen (secondary N) is 1. The van der Waals surface area contributed by atoms with Gasteiger partial charge in [-0.15, -0.1) is 0 Å². The standard InChI is InChI=1S/C11H14F2N2O2S/c12-9-4-5-10(11(13)8(9)6-14)18(16,17)15-7-2-1-3-7/h4-5,7,15H,1-3,6,14H2. The molecular formula is C11H14F2N2O2S. The first-order valence-electron chi connectivity index (χ1n) is 5.65. The van der Waals surface area contributed by atoms with Crippen LogP contribution in [-0.4, -0.2) is 14.5 Å². The van der Waals surface area contributed by atoms with E-state index in [1.807, 2.05) is 0 Å². The van der Waals surface area contributed by atoms with Gasteiger partial charge in [0.15, 0.2) is 5.82 Å². The summed E-state index contributed by atoms with van der Waals surface area (Å²) in [5, 5.41) is 0. The molecule has 0 spiro atoms. The summed E-state index contributed by atoms with van der Waals surface area (Å²) in [5.41, 5.74) is 4.80. The third kappa shape index (κ3) is 2.38. The minimum absolute atomic E-state index is 0.152. The smallest absolute Gasteiger partial charge is 0.243 e. The quantitative estimate of drug-likeness (QED) is 0.869. The van der Waals surface area contributed by atoms with Crippen LogP contribution in [0.4, 0.5) is 8.78 Å². The normalized spacial score (nSPS) is 16.6. The highest BCUT2D eigenvalue weighted by Gasteiger charge is 2.28. The van der Waals surface area contributed by atoms with Crippen LogP contribution in [0.3, 0.4) is 0 Å². The van der Waals surface area contributed by atoms with Gasteiger partial charge in [0.05, 0.1) is 0 Å². The van der Waals surface area contributed by atoms with Crippen molar-refractivity contribution < 1.29 is 17.2 Å². The molecule has 3 N–H and O–H groups in total. The summed E-state index contributed by atoms with van der Waals surface area (Å²) in [4.78, 5) is -0.545. The fraction of sp³-hybridized carbons (Fsp3) is 0.455. The van der Waals surface area contributed by atoms with Gasteiger partial charge < -0.3 is 5.73 Å². The van der Waals surface area contributed by atoms with E-state index in [1.54, 1.807) is 0 Å². The fourth-order valence-electron chi connectivity index (χ4n) is 1.78. The van der Waals surface area contributed by atoms with E-state index in [0.29, 0.717) is 0 Å². The van der Waals surface area contributed by atoms with Crippen molar-refractivity contribution in [2.75, 3.05) is 0 Å². The summed E-state index contributed by atoms with van der Waals surface area (Å²) in [6.45, 7) is -0.384. The number of halogens is 2. The van der Waals surface area contributed by atoms with Gasteiger partial charge in [-0.25, -0.2) is 21.9 Å². The molecule has 0 saturated heterocycles. The molecule has 0 bridgehead atoms. The maximum Gasteiger partial charge on any atom is 0.243 e. The maximum atomic E-state index is 13.9. The molecule has 1 aromatic carbocycles. The van der Waals surface area contributed by atoms with Gasteiger partial charge >= 0.3 is 0 Å².